The first kappa shape index (κ1) is 22.3. The van der Waals surface area contributed by atoms with Crippen LogP contribution >= 0.6 is 22.7 Å². The lowest BCUT2D eigenvalue weighted by atomic mass is 9.95. The Hall–Kier alpha value is -3.90. The number of hydrogen-bond donors (Lipinski definition) is 1. The number of non-ortho nitro benzene ring substituents is 1. The fourth-order valence-corrected chi connectivity index (χ4v) is 5.13. The number of ether oxygens (including phenoxy) is 1. The zero-order valence-electron chi connectivity index (χ0n) is 17.2. The maximum atomic E-state index is 13.2. The predicted molar refractivity (Wildman–Crippen MR) is 120 cm³/mol. The molecular weight excluding hydrogens is 470 g/mol. The molecular formula is C21H15N3O7S2. The molecule has 0 saturated carbocycles. The lowest BCUT2D eigenvalue weighted by molar-refractivity contribution is -0.384. The Labute approximate surface area is 194 Å². The average Bonchev–Trinajstić information content (AvgIpc) is 3.52. The summed E-state index contributed by atoms with van der Waals surface area (Å²) in [4.78, 5) is 54.8. The monoisotopic (exact) mass is 485 g/mol. The second-order valence-electron chi connectivity index (χ2n) is 6.90. The second kappa shape index (κ2) is 8.56. The Morgan fingerprint density at radius 2 is 1.94 bits per heavy atom. The summed E-state index contributed by atoms with van der Waals surface area (Å²) in [5.74, 6) is -2.81. The summed E-state index contributed by atoms with van der Waals surface area (Å²) in [5, 5.41) is 23.5. The fourth-order valence-electron chi connectivity index (χ4n) is 3.44. The first-order valence-electron chi connectivity index (χ1n) is 9.39. The third-order valence-electron chi connectivity index (χ3n) is 4.98. The molecule has 0 radical (unpaired) electrons. The summed E-state index contributed by atoms with van der Waals surface area (Å²) >= 11 is 2.02. The molecule has 1 aliphatic rings. The van der Waals surface area contributed by atoms with Crippen molar-refractivity contribution in [3.05, 3.63) is 84.2 Å². The van der Waals surface area contributed by atoms with Crippen LogP contribution in [0.5, 0.6) is 0 Å². The first-order valence-corrected chi connectivity index (χ1v) is 11.1. The van der Waals surface area contributed by atoms with Crippen molar-refractivity contribution in [1.29, 1.82) is 0 Å². The molecule has 0 saturated heterocycles. The number of nitrogens with zero attached hydrogens (tertiary/aromatic N) is 3. The van der Waals surface area contributed by atoms with Crippen molar-refractivity contribution in [1.82, 2.24) is 4.98 Å². The summed E-state index contributed by atoms with van der Waals surface area (Å²) in [6.45, 7) is 1.57. The van der Waals surface area contributed by atoms with E-state index in [0.29, 0.717) is 16.1 Å². The van der Waals surface area contributed by atoms with E-state index in [-0.39, 0.29) is 21.3 Å². The number of aliphatic hydroxyl groups is 1. The summed E-state index contributed by atoms with van der Waals surface area (Å²) in [6, 6.07) is 7.43. The van der Waals surface area contributed by atoms with Crippen molar-refractivity contribution < 1.29 is 29.2 Å². The van der Waals surface area contributed by atoms with Crippen molar-refractivity contribution in [2.75, 3.05) is 12.0 Å². The number of aliphatic hydroxyl groups excluding tert-OH is 1. The van der Waals surface area contributed by atoms with Crippen LogP contribution in [0.15, 0.2) is 53.1 Å². The number of carbonyl (C=O) groups is 3. The Morgan fingerprint density at radius 3 is 2.52 bits per heavy atom. The van der Waals surface area contributed by atoms with Gasteiger partial charge in [0.05, 0.1) is 34.2 Å². The van der Waals surface area contributed by atoms with Crippen LogP contribution in [-0.4, -0.2) is 39.8 Å². The highest BCUT2D eigenvalue weighted by molar-refractivity contribution is 7.17. The Balaban J connectivity index is 1.87. The third kappa shape index (κ3) is 3.79. The number of nitro groups is 1. The van der Waals surface area contributed by atoms with E-state index in [4.69, 9.17) is 4.74 Å². The molecule has 168 valence electrons. The van der Waals surface area contributed by atoms with Crippen molar-refractivity contribution in [3.63, 3.8) is 0 Å². The molecule has 1 aromatic carbocycles. The molecule has 0 fully saturated rings. The van der Waals surface area contributed by atoms with E-state index in [1.54, 1.807) is 24.4 Å². The van der Waals surface area contributed by atoms with Gasteiger partial charge in [-0.2, -0.15) is 0 Å². The van der Waals surface area contributed by atoms with Crippen LogP contribution in [-0.2, 0) is 9.53 Å². The number of esters is 1. The Morgan fingerprint density at radius 1 is 1.24 bits per heavy atom. The van der Waals surface area contributed by atoms with Gasteiger partial charge in [0.2, 0.25) is 5.78 Å². The van der Waals surface area contributed by atoms with E-state index in [2.05, 4.69) is 4.98 Å². The minimum atomic E-state index is -1.11. The van der Waals surface area contributed by atoms with Gasteiger partial charge in [0, 0.05) is 12.1 Å². The minimum Gasteiger partial charge on any atom is -0.503 e. The number of Topliss-reactive ketones (excluding diaryl/α,β-unsaturated/α-hetero) is 1. The zero-order valence-corrected chi connectivity index (χ0v) is 18.8. The maximum absolute atomic E-state index is 13.2. The molecule has 3 aromatic rings. The first-order chi connectivity index (χ1) is 15.7. The highest BCUT2D eigenvalue weighted by Gasteiger charge is 2.46. The summed E-state index contributed by atoms with van der Waals surface area (Å²) in [5.41, 5.74) is 0.316. The molecule has 1 N–H and O–H groups in total. The Bertz CT molecular complexity index is 1310. The highest BCUT2D eigenvalue weighted by Crippen LogP contribution is 2.44. The molecule has 33 heavy (non-hydrogen) atoms. The van der Waals surface area contributed by atoms with Crippen LogP contribution < -0.4 is 4.90 Å². The van der Waals surface area contributed by atoms with Crippen LogP contribution in [0.25, 0.3) is 0 Å². The van der Waals surface area contributed by atoms with E-state index >= 15 is 0 Å². The van der Waals surface area contributed by atoms with Gasteiger partial charge in [-0.25, -0.2) is 9.78 Å². The topological polar surface area (TPSA) is 140 Å². The van der Waals surface area contributed by atoms with Crippen molar-refractivity contribution in [2.24, 2.45) is 0 Å². The van der Waals surface area contributed by atoms with Gasteiger partial charge < -0.3 is 9.84 Å². The molecule has 1 atom stereocenters. The van der Waals surface area contributed by atoms with Crippen LogP contribution in [0.1, 0.15) is 36.6 Å². The molecule has 0 aliphatic carbocycles. The largest absolute Gasteiger partial charge is 0.503 e. The van der Waals surface area contributed by atoms with E-state index in [9.17, 15) is 29.6 Å². The van der Waals surface area contributed by atoms with Crippen molar-refractivity contribution in [2.45, 2.75) is 13.0 Å². The molecule has 1 aliphatic heterocycles. The normalized spacial score (nSPS) is 15.8. The number of anilines is 1. The molecule has 1 amide bonds. The summed E-state index contributed by atoms with van der Waals surface area (Å²) < 4.78 is 4.75. The van der Waals surface area contributed by atoms with Gasteiger partial charge in [0.25, 0.3) is 11.6 Å². The number of aromatic nitrogens is 1. The third-order valence-corrected chi connectivity index (χ3v) is 6.98. The number of hydrogen-bond acceptors (Lipinski definition) is 10. The molecule has 2 aromatic heterocycles. The zero-order chi connectivity index (χ0) is 23.9. The molecule has 3 heterocycles. The number of ketones is 1. The molecule has 1 unspecified atom stereocenters. The quantitative estimate of drug-likeness (QED) is 0.239. The number of benzene rings is 1. The lowest BCUT2D eigenvalue weighted by Gasteiger charge is -2.24. The van der Waals surface area contributed by atoms with Gasteiger partial charge in [0.15, 0.2) is 10.9 Å². The highest BCUT2D eigenvalue weighted by atomic mass is 32.1. The number of methoxy groups -OCH3 is 1. The number of nitro benzene ring substituents is 1. The Kier molecular flexibility index (Phi) is 5.78. The molecule has 12 heteroatoms. The van der Waals surface area contributed by atoms with Crippen LogP contribution in [0.2, 0.25) is 0 Å². The van der Waals surface area contributed by atoms with E-state index in [1.165, 1.54) is 31.4 Å². The number of rotatable bonds is 6. The fraction of sp³-hybridized carbons (Fsp3) is 0.143. The summed E-state index contributed by atoms with van der Waals surface area (Å²) in [7, 11) is 1.22. The van der Waals surface area contributed by atoms with E-state index in [1.807, 2.05) is 0 Å². The number of aryl methyl sites for hydroxylation is 1. The van der Waals surface area contributed by atoms with Crippen molar-refractivity contribution in [3.8, 4) is 0 Å². The van der Waals surface area contributed by atoms with Crippen LogP contribution in [0, 0.1) is 17.0 Å². The number of thiophene rings is 1. The van der Waals surface area contributed by atoms with Gasteiger partial charge in [-0.3, -0.25) is 24.6 Å². The number of carbonyl (C=O) groups excluding carboxylic acids is 3. The lowest BCUT2D eigenvalue weighted by Crippen LogP contribution is -2.31. The predicted octanol–water partition coefficient (Wildman–Crippen LogP) is 3.99. The van der Waals surface area contributed by atoms with Gasteiger partial charge in [-0.1, -0.05) is 17.4 Å². The van der Waals surface area contributed by atoms with E-state index < -0.39 is 34.4 Å². The van der Waals surface area contributed by atoms with Crippen LogP contribution in [0.3, 0.4) is 0 Å². The number of amides is 1. The molecule has 0 spiro atoms. The van der Waals surface area contributed by atoms with Crippen molar-refractivity contribution >= 4 is 51.2 Å². The van der Waals surface area contributed by atoms with Crippen LogP contribution in [0.4, 0.5) is 10.8 Å². The second-order valence-corrected chi connectivity index (χ2v) is 8.82. The number of thiazole rings is 1. The molecule has 10 nitrogen and oxygen atoms in total. The smallest absolute Gasteiger partial charge is 0.350 e. The average molecular weight is 485 g/mol. The molecule has 0 bridgehead atoms. The van der Waals surface area contributed by atoms with Gasteiger partial charge in [-0.15, -0.1) is 11.3 Å². The maximum Gasteiger partial charge on any atom is 0.350 e. The van der Waals surface area contributed by atoms with Gasteiger partial charge in [-0.05, 0) is 36.1 Å². The standard InChI is InChI=1S/C21H15N3O7S2/c1-10-18(20(28)31-2)33-21(22-10)23-15(11-5-7-12(8-6-11)24(29)30)14(17(26)19(23)27)16(25)13-4-3-9-32-13/h3-9,15,26H,1-2H3. The minimum absolute atomic E-state index is 0.0711. The summed E-state index contributed by atoms with van der Waals surface area (Å²) in [6.07, 6.45) is 0. The molecule has 4 rings (SSSR count). The van der Waals surface area contributed by atoms with Gasteiger partial charge >= 0.3 is 5.97 Å². The van der Waals surface area contributed by atoms with E-state index in [0.717, 1.165) is 27.6 Å². The SMILES string of the molecule is COC(=O)c1sc(N2C(=O)C(O)=C(C(=O)c3cccs3)C2c2ccc([N+](=O)[O-])cc2)nc1C. The van der Waals surface area contributed by atoms with Gasteiger partial charge in [0.1, 0.15) is 4.88 Å².